The van der Waals surface area contributed by atoms with Crippen molar-refractivity contribution in [3.8, 4) is 11.4 Å². The van der Waals surface area contributed by atoms with Crippen LogP contribution in [0.3, 0.4) is 0 Å². The summed E-state index contributed by atoms with van der Waals surface area (Å²) in [6.07, 6.45) is 4.10. The molecule has 3 rings (SSSR count). The van der Waals surface area contributed by atoms with Crippen LogP contribution < -0.4 is 4.18 Å². The molecular weight excluding hydrogens is 294 g/mol. The number of hydrogen-bond acceptors (Lipinski definition) is 7. The third-order valence-corrected chi connectivity index (χ3v) is 3.79. The summed E-state index contributed by atoms with van der Waals surface area (Å²) in [6, 6.07) is 9.35. The van der Waals surface area contributed by atoms with E-state index in [1.807, 2.05) is 0 Å². The zero-order valence-electron chi connectivity index (χ0n) is 10.6. The van der Waals surface area contributed by atoms with Crippen molar-refractivity contribution in [3.63, 3.8) is 0 Å². The van der Waals surface area contributed by atoms with Gasteiger partial charge in [0.1, 0.15) is 17.0 Å². The largest absolute Gasteiger partial charge is 0.379 e. The number of aromatic nitrogens is 5. The van der Waals surface area contributed by atoms with Crippen LogP contribution in [0.25, 0.3) is 5.69 Å². The molecule has 0 atom stereocenters. The van der Waals surface area contributed by atoms with Gasteiger partial charge in [-0.3, -0.25) is 4.98 Å². The molecule has 0 aliphatic heterocycles. The zero-order chi connectivity index (χ0) is 14.7. The fraction of sp³-hybridized carbons (Fsp3) is 0. The van der Waals surface area contributed by atoms with Crippen LogP contribution in [-0.2, 0) is 10.1 Å². The van der Waals surface area contributed by atoms with Gasteiger partial charge in [-0.25, -0.2) is 4.68 Å². The summed E-state index contributed by atoms with van der Waals surface area (Å²) in [5.41, 5.74) is 0.582. The van der Waals surface area contributed by atoms with Gasteiger partial charge in [0, 0.05) is 18.5 Å². The van der Waals surface area contributed by atoms with Gasteiger partial charge in [-0.1, -0.05) is 6.07 Å². The first-order valence-electron chi connectivity index (χ1n) is 5.83. The lowest BCUT2D eigenvalue weighted by molar-refractivity contribution is 0.485. The van der Waals surface area contributed by atoms with E-state index in [0.29, 0.717) is 5.69 Å². The Bertz CT molecular complexity index is 834. The Morgan fingerprint density at radius 3 is 2.76 bits per heavy atom. The van der Waals surface area contributed by atoms with Gasteiger partial charge in [-0.15, -0.1) is 5.10 Å². The molecule has 0 saturated heterocycles. The number of rotatable bonds is 4. The molecule has 8 nitrogen and oxygen atoms in total. The molecule has 106 valence electrons. The molecule has 0 N–H and O–H groups in total. The van der Waals surface area contributed by atoms with E-state index in [0.717, 1.165) is 0 Å². The first kappa shape index (κ1) is 13.2. The van der Waals surface area contributed by atoms with Crippen molar-refractivity contribution < 1.29 is 12.6 Å². The minimum absolute atomic E-state index is 0.0159. The smallest absolute Gasteiger partial charge is 0.340 e. The molecule has 0 fully saturated rings. The Balaban J connectivity index is 1.91. The van der Waals surface area contributed by atoms with E-state index in [9.17, 15) is 8.42 Å². The van der Waals surface area contributed by atoms with Crippen LogP contribution in [0, 0.1) is 0 Å². The molecule has 0 aliphatic rings. The number of tetrazole rings is 1. The second-order valence-corrected chi connectivity index (χ2v) is 5.52. The summed E-state index contributed by atoms with van der Waals surface area (Å²) in [6.45, 7) is 0. The molecule has 0 amide bonds. The Kier molecular flexibility index (Phi) is 3.32. The highest BCUT2D eigenvalue weighted by molar-refractivity contribution is 7.87. The molecule has 0 radical (unpaired) electrons. The van der Waals surface area contributed by atoms with E-state index in [-0.39, 0.29) is 10.6 Å². The maximum absolute atomic E-state index is 12.1. The Morgan fingerprint density at radius 1 is 1.14 bits per heavy atom. The Morgan fingerprint density at radius 2 is 2.05 bits per heavy atom. The fourth-order valence-corrected chi connectivity index (χ4v) is 2.52. The second kappa shape index (κ2) is 5.29. The molecule has 0 bridgehead atoms. The Labute approximate surface area is 120 Å². The van der Waals surface area contributed by atoms with E-state index < -0.39 is 10.1 Å². The highest BCUT2D eigenvalue weighted by Gasteiger charge is 2.16. The van der Waals surface area contributed by atoms with Gasteiger partial charge in [-0.2, -0.15) is 8.42 Å². The lowest BCUT2D eigenvalue weighted by Gasteiger charge is -2.07. The maximum Gasteiger partial charge on any atom is 0.340 e. The van der Waals surface area contributed by atoms with Gasteiger partial charge < -0.3 is 4.18 Å². The van der Waals surface area contributed by atoms with Gasteiger partial charge in [0.25, 0.3) is 0 Å². The third kappa shape index (κ3) is 2.87. The van der Waals surface area contributed by atoms with Crippen molar-refractivity contribution in [3.05, 3.63) is 55.1 Å². The predicted octanol–water partition coefficient (Wildman–Crippen LogP) is 0.825. The molecule has 1 aromatic carbocycles. The van der Waals surface area contributed by atoms with E-state index in [2.05, 4.69) is 20.5 Å². The standard InChI is InChI=1S/C12H9N5O3S/c18-21(19,12-5-2-6-13-8-12)20-11-4-1-3-10(7-11)17-9-14-15-16-17/h1-9H. The lowest BCUT2D eigenvalue weighted by atomic mass is 10.3. The number of hydrogen-bond donors (Lipinski definition) is 0. The molecule has 2 heterocycles. The summed E-state index contributed by atoms with van der Waals surface area (Å²) in [5.74, 6) is 0.159. The van der Waals surface area contributed by atoms with Crippen molar-refractivity contribution in [1.29, 1.82) is 0 Å². The summed E-state index contributed by atoms with van der Waals surface area (Å²) in [4.78, 5) is 3.75. The van der Waals surface area contributed by atoms with Gasteiger partial charge in [-0.05, 0) is 34.7 Å². The van der Waals surface area contributed by atoms with Crippen molar-refractivity contribution in [2.24, 2.45) is 0 Å². The molecule has 3 aromatic rings. The first-order valence-corrected chi connectivity index (χ1v) is 7.24. The summed E-state index contributed by atoms with van der Waals surface area (Å²) in [5, 5.41) is 10.8. The zero-order valence-corrected chi connectivity index (χ0v) is 11.4. The molecule has 9 heteroatoms. The van der Waals surface area contributed by atoms with Crippen molar-refractivity contribution >= 4 is 10.1 Å². The fourth-order valence-electron chi connectivity index (χ4n) is 1.63. The maximum atomic E-state index is 12.1. The van der Waals surface area contributed by atoms with Crippen molar-refractivity contribution in [1.82, 2.24) is 25.2 Å². The van der Waals surface area contributed by atoms with E-state index in [1.165, 1.54) is 47.7 Å². The van der Waals surface area contributed by atoms with Gasteiger partial charge in [0.05, 0.1) is 5.69 Å². The molecular formula is C12H9N5O3S. The van der Waals surface area contributed by atoms with E-state index in [1.54, 1.807) is 12.1 Å². The van der Waals surface area contributed by atoms with Crippen LogP contribution in [-0.4, -0.2) is 33.6 Å². The predicted molar refractivity (Wildman–Crippen MR) is 71.2 cm³/mol. The first-order chi connectivity index (χ1) is 10.1. The summed E-state index contributed by atoms with van der Waals surface area (Å²) >= 11 is 0. The van der Waals surface area contributed by atoms with Crippen LogP contribution >= 0.6 is 0 Å². The summed E-state index contributed by atoms with van der Waals surface area (Å²) < 4.78 is 30.6. The average Bonchev–Trinajstić information content (AvgIpc) is 3.02. The van der Waals surface area contributed by atoms with Crippen molar-refractivity contribution in [2.75, 3.05) is 0 Å². The van der Waals surface area contributed by atoms with Gasteiger partial charge in [0.15, 0.2) is 0 Å². The molecule has 0 unspecified atom stereocenters. The van der Waals surface area contributed by atoms with Crippen LogP contribution in [0.2, 0.25) is 0 Å². The third-order valence-electron chi connectivity index (χ3n) is 2.56. The Hall–Kier alpha value is -2.81. The quantitative estimate of drug-likeness (QED) is 0.658. The number of benzene rings is 1. The van der Waals surface area contributed by atoms with Crippen LogP contribution in [0.15, 0.2) is 60.0 Å². The normalized spacial score (nSPS) is 11.2. The minimum Gasteiger partial charge on any atom is -0.379 e. The van der Waals surface area contributed by atoms with Crippen molar-refractivity contribution in [2.45, 2.75) is 4.90 Å². The number of nitrogens with zero attached hydrogens (tertiary/aromatic N) is 5. The number of pyridine rings is 1. The van der Waals surface area contributed by atoms with E-state index >= 15 is 0 Å². The molecule has 21 heavy (non-hydrogen) atoms. The lowest BCUT2D eigenvalue weighted by Crippen LogP contribution is -2.10. The summed E-state index contributed by atoms with van der Waals surface area (Å²) in [7, 11) is -3.92. The SMILES string of the molecule is O=S(=O)(Oc1cccc(-n2cnnn2)c1)c1cccnc1. The molecule has 2 aromatic heterocycles. The van der Waals surface area contributed by atoms with Crippen LogP contribution in [0.4, 0.5) is 0 Å². The van der Waals surface area contributed by atoms with Crippen LogP contribution in [0.5, 0.6) is 5.75 Å². The minimum atomic E-state index is -3.92. The van der Waals surface area contributed by atoms with Gasteiger partial charge in [0.2, 0.25) is 0 Å². The van der Waals surface area contributed by atoms with Gasteiger partial charge >= 0.3 is 10.1 Å². The molecule has 0 aliphatic carbocycles. The average molecular weight is 303 g/mol. The highest BCUT2D eigenvalue weighted by atomic mass is 32.2. The molecule has 0 spiro atoms. The second-order valence-electron chi connectivity index (χ2n) is 3.98. The van der Waals surface area contributed by atoms with Crippen LogP contribution in [0.1, 0.15) is 0 Å². The topological polar surface area (TPSA) is 99.9 Å². The van der Waals surface area contributed by atoms with E-state index in [4.69, 9.17) is 4.18 Å². The highest BCUT2D eigenvalue weighted by Crippen LogP contribution is 2.20. The molecule has 0 saturated carbocycles. The monoisotopic (exact) mass is 303 g/mol.